The highest BCUT2D eigenvalue weighted by atomic mass is 32.2. The van der Waals surface area contributed by atoms with Crippen molar-refractivity contribution in [1.29, 1.82) is 0 Å². The summed E-state index contributed by atoms with van der Waals surface area (Å²) in [6.45, 7) is 5.50. The quantitative estimate of drug-likeness (QED) is 0.682. The molecule has 2 atom stereocenters. The molecule has 0 aliphatic heterocycles. The molecule has 1 aliphatic rings. The van der Waals surface area contributed by atoms with Gasteiger partial charge in [-0.25, -0.2) is 0 Å². The highest BCUT2D eigenvalue weighted by molar-refractivity contribution is 7.99. The fraction of sp³-hybridized carbons (Fsp3) is 0.571. The number of amides is 1. The van der Waals surface area contributed by atoms with Crippen LogP contribution in [0.25, 0.3) is 11.4 Å². The maximum Gasteiger partial charge on any atom is 0.230 e. The molecule has 1 aliphatic carbocycles. The Morgan fingerprint density at radius 3 is 2.89 bits per heavy atom. The summed E-state index contributed by atoms with van der Waals surface area (Å²) in [5, 5.41) is 12.7. The number of carbonyl (C=O) groups excluding carboxylic acids is 1. The third kappa shape index (κ3) is 5.35. The van der Waals surface area contributed by atoms with Crippen LogP contribution in [0.4, 0.5) is 0 Å². The second-order valence-electron chi connectivity index (χ2n) is 7.54. The van der Waals surface area contributed by atoms with Crippen LogP contribution in [0.2, 0.25) is 0 Å². The van der Waals surface area contributed by atoms with E-state index in [-0.39, 0.29) is 5.91 Å². The van der Waals surface area contributed by atoms with Gasteiger partial charge in [0.05, 0.1) is 18.9 Å². The molecule has 1 heterocycles. The minimum atomic E-state index is 0.0714. The molecule has 0 radical (unpaired) electrons. The van der Waals surface area contributed by atoms with Crippen LogP contribution in [0.15, 0.2) is 29.4 Å². The molecule has 0 spiro atoms. The average molecular weight is 403 g/mol. The molecule has 1 aromatic carbocycles. The van der Waals surface area contributed by atoms with Crippen molar-refractivity contribution < 1.29 is 9.53 Å². The predicted octanol–water partition coefficient (Wildman–Crippen LogP) is 3.69. The van der Waals surface area contributed by atoms with E-state index in [0.29, 0.717) is 30.9 Å². The van der Waals surface area contributed by atoms with Gasteiger partial charge in [-0.3, -0.25) is 9.36 Å². The number of hydrogen-bond donors (Lipinski definition) is 1. The number of nitrogens with one attached hydrogen (secondary N) is 1. The Labute approximate surface area is 171 Å². The standard InChI is InChI=1S/C21H30N4O2S/c1-15-7-6-9-17(13-15)20-23-24-21(25(20)11-12-27-3)28-14-19(26)22-18-10-5-4-8-16(18)2/h6-7,9,13,16,18H,4-5,8,10-12,14H2,1-3H3,(H,22,26)/t16-,18-/m0/s1. The number of benzene rings is 1. The Morgan fingerprint density at radius 2 is 2.14 bits per heavy atom. The van der Waals surface area contributed by atoms with Crippen LogP contribution in [0, 0.1) is 12.8 Å². The van der Waals surface area contributed by atoms with Crippen LogP contribution in [0.1, 0.15) is 38.2 Å². The maximum absolute atomic E-state index is 12.5. The van der Waals surface area contributed by atoms with Gasteiger partial charge in [0.1, 0.15) is 0 Å². The summed E-state index contributed by atoms with van der Waals surface area (Å²) in [6, 6.07) is 8.51. The SMILES string of the molecule is COCCn1c(SCC(=O)N[C@H]2CCCC[C@@H]2C)nnc1-c1cccc(C)c1. The maximum atomic E-state index is 12.5. The molecule has 6 nitrogen and oxygen atoms in total. The van der Waals surface area contributed by atoms with Gasteiger partial charge in [0.15, 0.2) is 11.0 Å². The second-order valence-corrected chi connectivity index (χ2v) is 8.49. The van der Waals surface area contributed by atoms with E-state index in [1.165, 1.54) is 36.6 Å². The normalized spacial score (nSPS) is 19.5. The van der Waals surface area contributed by atoms with Crippen molar-refractivity contribution in [3.8, 4) is 11.4 Å². The molecule has 2 aromatic rings. The van der Waals surface area contributed by atoms with Crippen molar-refractivity contribution in [2.45, 2.75) is 57.3 Å². The molecule has 152 valence electrons. The Morgan fingerprint density at radius 1 is 1.32 bits per heavy atom. The lowest BCUT2D eigenvalue weighted by Crippen LogP contribution is -2.41. The van der Waals surface area contributed by atoms with Crippen molar-refractivity contribution in [2.75, 3.05) is 19.5 Å². The highest BCUT2D eigenvalue weighted by Gasteiger charge is 2.23. The van der Waals surface area contributed by atoms with Gasteiger partial charge in [-0.15, -0.1) is 10.2 Å². The Bertz CT molecular complexity index is 792. The summed E-state index contributed by atoms with van der Waals surface area (Å²) in [5.74, 6) is 1.79. The number of aromatic nitrogens is 3. The number of rotatable bonds is 8. The molecular weight excluding hydrogens is 372 g/mol. The fourth-order valence-corrected chi connectivity index (χ4v) is 4.46. The monoisotopic (exact) mass is 402 g/mol. The summed E-state index contributed by atoms with van der Waals surface area (Å²) in [7, 11) is 1.68. The number of hydrogen-bond acceptors (Lipinski definition) is 5. The highest BCUT2D eigenvalue weighted by Crippen LogP contribution is 2.26. The van der Waals surface area contributed by atoms with E-state index in [1.54, 1.807) is 7.11 Å². The van der Waals surface area contributed by atoms with Gasteiger partial charge in [-0.05, 0) is 31.7 Å². The van der Waals surface area contributed by atoms with Gasteiger partial charge in [-0.1, -0.05) is 55.3 Å². The van der Waals surface area contributed by atoms with E-state index < -0.39 is 0 Å². The molecule has 7 heteroatoms. The van der Waals surface area contributed by atoms with Crippen molar-refractivity contribution in [3.63, 3.8) is 0 Å². The number of nitrogens with zero attached hydrogens (tertiary/aromatic N) is 3. The van der Waals surface area contributed by atoms with Crippen LogP contribution in [0.3, 0.4) is 0 Å². The minimum Gasteiger partial charge on any atom is -0.383 e. The summed E-state index contributed by atoms with van der Waals surface area (Å²) in [4.78, 5) is 12.5. The van der Waals surface area contributed by atoms with E-state index in [9.17, 15) is 4.79 Å². The lowest BCUT2D eigenvalue weighted by Gasteiger charge is -2.29. The van der Waals surface area contributed by atoms with Gasteiger partial charge >= 0.3 is 0 Å². The van der Waals surface area contributed by atoms with Crippen LogP contribution >= 0.6 is 11.8 Å². The number of ether oxygens (including phenoxy) is 1. The van der Waals surface area contributed by atoms with Gasteiger partial charge in [0, 0.05) is 18.7 Å². The zero-order valence-electron chi connectivity index (χ0n) is 17.0. The van der Waals surface area contributed by atoms with Crippen LogP contribution in [-0.4, -0.2) is 46.2 Å². The lowest BCUT2D eigenvalue weighted by molar-refractivity contribution is -0.119. The van der Waals surface area contributed by atoms with E-state index in [2.05, 4.69) is 41.5 Å². The molecule has 1 N–H and O–H groups in total. The predicted molar refractivity (Wildman–Crippen MR) is 112 cm³/mol. The lowest BCUT2D eigenvalue weighted by atomic mass is 9.86. The van der Waals surface area contributed by atoms with Crippen LogP contribution in [-0.2, 0) is 16.1 Å². The summed E-state index contributed by atoms with van der Waals surface area (Å²) in [5.41, 5.74) is 2.20. The van der Waals surface area contributed by atoms with Crippen molar-refractivity contribution in [2.24, 2.45) is 5.92 Å². The molecule has 0 bridgehead atoms. The molecule has 3 rings (SSSR count). The zero-order valence-corrected chi connectivity index (χ0v) is 17.8. The van der Waals surface area contributed by atoms with E-state index >= 15 is 0 Å². The first-order chi connectivity index (χ1) is 13.6. The number of methoxy groups -OCH3 is 1. The molecule has 1 amide bonds. The van der Waals surface area contributed by atoms with E-state index in [0.717, 1.165) is 23.0 Å². The summed E-state index contributed by atoms with van der Waals surface area (Å²) in [6.07, 6.45) is 4.75. The topological polar surface area (TPSA) is 69.0 Å². The van der Waals surface area contributed by atoms with Gasteiger partial charge in [0.25, 0.3) is 0 Å². The molecule has 1 fully saturated rings. The van der Waals surface area contributed by atoms with Crippen molar-refractivity contribution in [1.82, 2.24) is 20.1 Å². The van der Waals surface area contributed by atoms with Crippen LogP contribution < -0.4 is 5.32 Å². The van der Waals surface area contributed by atoms with E-state index in [1.807, 2.05) is 16.7 Å². The zero-order chi connectivity index (χ0) is 19.9. The minimum absolute atomic E-state index is 0.0714. The number of carbonyl (C=O) groups is 1. The van der Waals surface area contributed by atoms with Gasteiger partial charge in [0.2, 0.25) is 5.91 Å². The first-order valence-electron chi connectivity index (χ1n) is 10.00. The van der Waals surface area contributed by atoms with E-state index in [4.69, 9.17) is 4.74 Å². The molecular formula is C21H30N4O2S. The Hall–Kier alpha value is -1.86. The van der Waals surface area contributed by atoms with Crippen molar-refractivity contribution in [3.05, 3.63) is 29.8 Å². The Balaban J connectivity index is 1.68. The Kier molecular flexibility index (Phi) is 7.50. The summed E-state index contributed by atoms with van der Waals surface area (Å²) < 4.78 is 7.30. The molecule has 28 heavy (non-hydrogen) atoms. The molecule has 0 saturated heterocycles. The molecule has 0 unspecified atom stereocenters. The number of thioether (sulfide) groups is 1. The third-order valence-corrected chi connectivity index (χ3v) is 6.27. The molecule has 1 aromatic heterocycles. The number of aryl methyl sites for hydroxylation is 1. The largest absolute Gasteiger partial charge is 0.383 e. The smallest absolute Gasteiger partial charge is 0.230 e. The fourth-order valence-electron chi connectivity index (χ4n) is 3.69. The van der Waals surface area contributed by atoms with Crippen LogP contribution in [0.5, 0.6) is 0 Å². The summed E-state index contributed by atoms with van der Waals surface area (Å²) >= 11 is 1.44. The average Bonchev–Trinajstić information content (AvgIpc) is 3.09. The van der Waals surface area contributed by atoms with Gasteiger partial charge < -0.3 is 10.1 Å². The third-order valence-electron chi connectivity index (χ3n) is 5.30. The molecule has 1 saturated carbocycles. The van der Waals surface area contributed by atoms with Crippen molar-refractivity contribution >= 4 is 17.7 Å². The first-order valence-corrected chi connectivity index (χ1v) is 11.0. The van der Waals surface area contributed by atoms with Gasteiger partial charge in [-0.2, -0.15) is 0 Å². The second kappa shape index (κ2) is 10.1. The first kappa shape index (κ1) is 20.9.